The van der Waals surface area contributed by atoms with E-state index >= 15 is 0 Å². The molecule has 0 spiro atoms. The van der Waals surface area contributed by atoms with Gasteiger partial charge in [0.15, 0.2) is 11.5 Å². The highest BCUT2D eigenvalue weighted by atomic mass is 16.7. The van der Waals surface area contributed by atoms with E-state index in [0.29, 0.717) is 12.3 Å². The molecule has 3 heterocycles. The van der Waals surface area contributed by atoms with Crippen molar-refractivity contribution in [1.29, 1.82) is 0 Å². The molecule has 1 aliphatic rings. The Morgan fingerprint density at radius 1 is 1.22 bits per heavy atom. The van der Waals surface area contributed by atoms with Crippen LogP contribution in [0.4, 0.5) is 0 Å². The van der Waals surface area contributed by atoms with Crippen molar-refractivity contribution < 1.29 is 14.3 Å². The molecule has 0 bridgehead atoms. The van der Waals surface area contributed by atoms with Crippen molar-refractivity contribution in [3.05, 3.63) is 66.0 Å². The quantitative estimate of drug-likeness (QED) is 0.706. The minimum atomic E-state index is -0.197. The van der Waals surface area contributed by atoms with Crippen LogP contribution in [0.25, 0.3) is 17.5 Å². The summed E-state index contributed by atoms with van der Waals surface area (Å²) in [6.45, 7) is 0.568. The lowest BCUT2D eigenvalue weighted by molar-refractivity contribution is -0.116. The van der Waals surface area contributed by atoms with Gasteiger partial charge in [-0.05, 0) is 42.0 Å². The van der Waals surface area contributed by atoms with Crippen LogP contribution in [0.5, 0.6) is 11.5 Å². The Labute approximate surface area is 156 Å². The van der Waals surface area contributed by atoms with Gasteiger partial charge in [0, 0.05) is 19.3 Å². The van der Waals surface area contributed by atoms with Gasteiger partial charge in [-0.1, -0.05) is 12.1 Å². The number of hydrogen-bond acceptors (Lipinski definition) is 5. The van der Waals surface area contributed by atoms with Gasteiger partial charge in [-0.3, -0.25) is 14.5 Å². The summed E-state index contributed by atoms with van der Waals surface area (Å²) in [6, 6.07) is 13.2. The van der Waals surface area contributed by atoms with E-state index in [9.17, 15) is 4.79 Å². The van der Waals surface area contributed by atoms with Crippen LogP contribution in [0.1, 0.15) is 11.3 Å². The SMILES string of the molecule is Cn1nc(CNC(=O)/C=C/c2ccc3c(c2)OCO3)cc1-c1ccccn1. The fourth-order valence-electron chi connectivity index (χ4n) is 2.79. The highest BCUT2D eigenvalue weighted by Gasteiger charge is 2.12. The summed E-state index contributed by atoms with van der Waals surface area (Å²) < 4.78 is 12.4. The minimum absolute atomic E-state index is 0.197. The second kappa shape index (κ2) is 7.33. The normalized spacial score (nSPS) is 12.5. The number of nitrogens with zero attached hydrogens (tertiary/aromatic N) is 3. The van der Waals surface area contributed by atoms with Crippen molar-refractivity contribution in [3.8, 4) is 22.9 Å². The number of benzene rings is 1. The first kappa shape index (κ1) is 16.8. The summed E-state index contributed by atoms with van der Waals surface area (Å²) in [7, 11) is 1.86. The van der Waals surface area contributed by atoms with Crippen molar-refractivity contribution in [1.82, 2.24) is 20.1 Å². The predicted octanol–water partition coefficient (Wildman–Crippen LogP) is 2.54. The maximum atomic E-state index is 12.1. The number of ether oxygens (including phenoxy) is 2. The number of aromatic nitrogens is 3. The molecule has 3 aromatic rings. The van der Waals surface area contributed by atoms with E-state index < -0.39 is 0 Å². The molecule has 7 heteroatoms. The molecule has 1 aliphatic heterocycles. The lowest BCUT2D eigenvalue weighted by atomic mass is 10.2. The smallest absolute Gasteiger partial charge is 0.244 e. The van der Waals surface area contributed by atoms with E-state index in [1.807, 2.05) is 49.5 Å². The zero-order chi connectivity index (χ0) is 18.6. The summed E-state index contributed by atoms with van der Waals surface area (Å²) >= 11 is 0. The van der Waals surface area contributed by atoms with Gasteiger partial charge < -0.3 is 14.8 Å². The first-order valence-electron chi connectivity index (χ1n) is 8.49. The molecule has 0 fully saturated rings. The average Bonchev–Trinajstić information content (AvgIpc) is 3.31. The Morgan fingerprint density at radius 3 is 2.96 bits per heavy atom. The number of fused-ring (bicyclic) bond motifs is 1. The molecule has 2 aromatic heterocycles. The van der Waals surface area contributed by atoms with E-state index in [1.54, 1.807) is 17.0 Å². The molecule has 0 unspecified atom stereocenters. The summed E-state index contributed by atoms with van der Waals surface area (Å²) in [4.78, 5) is 16.4. The Morgan fingerprint density at radius 2 is 2.11 bits per heavy atom. The van der Waals surface area contributed by atoms with Crippen LogP contribution in [-0.2, 0) is 18.4 Å². The number of carbonyl (C=O) groups excluding carboxylic acids is 1. The van der Waals surface area contributed by atoms with E-state index in [4.69, 9.17) is 9.47 Å². The number of aryl methyl sites for hydroxylation is 1. The predicted molar refractivity (Wildman–Crippen MR) is 99.9 cm³/mol. The zero-order valence-electron chi connectivity index (χ0n) is 14.8. The van der Waals surface area contributed by atoms with Crippen LogP contribution >= 0.6 is 0 Å². The third kappa shape index (κ3) is 3.82. The number of hydrogen-bond donors (Lipinski definition) is 1. The van der Waals surface area contributed by atoms with Gasteiger partial charge >= 0.3 is 0 Å². The molecule has 4 rings (SSSR count). The molecule has 27 heavy (non-hydrogen) atoms. The van der Waals surface area contributed by atoms with Crippen LogP contribution < -0.4 is 14.8 Å². The van der Waals surface area contributed by atoms with Gasteiger partial charge in [0.05, 0.1) is 23.6 Å². The number of amides is 1. The highest BCUT2D eigenvalue weighted by Crippen LogP contribution is 2.32. The fraction of sp³-hybridized carbons (Fsp3) is 0.150. The largest absolute Gasteiger partial charge is 0.454 e. The third-order valence-corrected chi connectivity index (χ3v) is 4.13. The van der Waals surface area contributed by atoms with Crippen molar-refractivity contribution in [2.24, 2.45) is 7.05 Å². The Kier molecular flexibility index (Phi) is 4.57. The van der Waals surface area contributed by atoms with Crippen molar-refractivity contribution in [2.45, 2.75) is 6.54 Å². The first-order valence-corrected chi connectivity index (χ1v) is 8.49. The molecule has 1 amide bonds. The molecule has 0 aliphatic carbocycles. The second-order valence-corrected chi connectivity index (χ2v) is 6.02. The molecule has 0 saturated carbocycles. The lowest BCUT2D eigenvalue weighted by Gasteiger charge is -1.99. The molecule has 7 nitrogen and oxygen atoms in total. The van der Waals surface area contributed by atoms with Gasteiger partial charge in [-0.15, -0.1) is 0 Å². The maximum absolute atomic E-state index is 12.1. The first-order chi connectivity index (χ1) is 13.2. The fourth-order valence-corrected chi connectivity index (χ4v) is 2.79. The van der Waals surface area contributed by atoms with E-state index in [1.165, 1.54) is 6.08 Å². The molecule has 0 radical (unpaired) electrons. The lowest BCUT2D eigenvalue weighted by Crippen LogP contribution is -2.20. The third-order valence-electron chi connectivity index (χ3n) is 4.13. The molecule has 0 saturated heterocycles. The summed E-state index contributed by atoms with van der Waals surface area (Å²) in [5.41, 5.74) is 3.37. The standard InChI is InChI=1S/C20H18N4O3/c1-24-17(16-4-2-3-9-21-16)11-15(23-24)12-22-20(25)8-6-14-5-7-18-19(10-14)27-13-26-18/h2-11H,12-13H2,1H3,(H,22,25)/b8-6+. The second-order valence-electron chi connectivity index (χ2n) is 6.02. The molecular formula is C20H18N4O3. The number of pyridine rings is 1. The summed E-state index contributed by atoms with van der Waals surface area (Å²) in [5, 5.41) is 7.26. The zero-order valence-corrected chi connectivity index (χ0v) is 14.8. The van der Waals surface area contributed by atoms with Crippen molar-refractivity contribution >= 4 is 12.0 Å². The average molecular weight is 362 g/mol. The summed E-state index contributed by atoms with van der Waals surface area (Å²) in [5.74, 6) is 1.21. The van der Waals surface area contributed by atoms with E-state index in [2.05, 4.69) is 15.4 Å². The number of carbonyl (C=O) groups is 1. The maximum Gasteiger partial charge on any atom is 0.244 e. The van der Waals surface area contributed by atoms with Crippen LogP contribution in [-0.4, -0.2) is 27.5 Å². The van der Waals surface area contributed by atoms with Gasteiger partial charge in [-0.25, -0.2) is 0 Å². The van der Waals surface area contributed by atoms with Gasteiger partial charge in [-0.2, -0.15) is 5.10 Å². The van der Waals surface area contributed by atoms with Crippen LogP contribution in [0.2, 0.25) is 0 Å². The Bertz CT molecular complexity index is 996. The minimum Gasteiger partial charge on any atom is -0.454 e. The molecule has 136 valence electrons. The molecule has 0 atom stereocenters. The highest BCUT2D eigenvalue weighted by molar-refractivity contribution is 5.91. The molecule has 1 N–H and O–H groups in total. The molecule has 1 aromatic carbocycles. The summed E-state index contributed by atoms with van der Waals surface area (Å²) in [6.07, 6.45) is 4.96. The van der Waals surface area contributed by atoms with E-state index in [-0.39, 0.29) is 12.7 Å². The Hall–Kier alpha value is -3.61. The van der Waals surface area contributed by atoms with E-state index in [0.717, 1.165) is 28.4 Å². The topological polar surface area (TPSA) is 78.3 Å². The Balaban J connectivity index is 1.37. The van der Waals surface area contributed by atoms with Crippen LogP contribution in [0, 0.1) is 0 Å². The monoisotopic (exact) mass is 362 g/mol. The number of nitrogens with one attached hydrogen (secondary N) is 1. The van der Waals surface area contributed by atoms with Gasteiger partial charge in [0.1, 0.15) is 0 Å². The molecular weight excluding hydrogens is 344 g/mol. The van der Waals surface area contributed by atoms with Crippen molar-refractivity contribution in [2.75, 3.05) is 6.79 Å². The number of rotatable bonds is 5. The van der Waals surface area contributed by atoms with Crippen molar-refractivity contribution in [3.63, 3.8) is 0 Å². The van der Waals surface area contributed by atoms with Gasteiger partial charge in [0.2, 0.25) is 12.7 Å². The van der Waals surface area contributed by atoms with Crippen LogP contribution in [0.3, 0.4) is 0 Å². The van der Waals surface area contributed by atoms with Crippen LogP contribution in [0.15, 0.2) is 54.7 Å². The van der Waals surface area contributed by atoms with Gasteiger partial charge in [0.25, 0.3) is 0 Å².